The number of hydrogen-bond acceptors (Lipinski definition) is 3. The molecule has 8 nitrogen and oxygen atoms in total. The van der Waals surface area contributed by atoms with Crippen molar-refractivity contribution < 1.29 is 4.79 Å². The van der Waals surface area contributed by atoms with Gasteiger partial charge in [-0.1, -0.05) is 18.2 Å². The van der Waals surface area contributed by atoms with E-state index in [1.54, 1.807) is 15.8 Å². The van der Waals surface area contributed by atoms with Crippen LogP contribution in [0.15, 0.2) is 47.7 Å². The minimum absolute atomic E-state index is 0.0606. The molecule has 1 aliphatic rings. The summed E-state index contributed by atoms with van der Waals surface area (Å²) >= 11 is 0. The number of aryl methyl sites for hydroxylation is 1. The van der Waals surface area contributed by atoms with E-state index in [0.29, 0.717) is 19.6 Å². The highest BCUT2D eigenvalue weighted by Gasteiger charge is 2.27. The molecule has 29 heavy (non-hydrogen) atoms. The number of amides is 1. The number of carbonyl (C=O) groups is 1. The molecule has 8 heteroatoms. The van der Waals surface area contributed by atoms with Gasteiger partial charge in [-0.05, 0) is 24.4 Å². The first-order chi connectivity index (χ1) is 14.1. The number of para-hydroxylation sites is 1. The van der Waals surface area contributed by atoms with Crippen LogP contribution in [0.5, 0.6) is 0 Å². The van der Waals surface area contributed by atoms with E-state index in [9.17, 15) is 4.79 Å². The van der Waals surface area contributed by atoms with Crippen molar-refractivity contribution in [2.75, 3.05) is 37.6 Å². The summed E-state index contributed by atoms with van der Waals surface area (Å²) in [6, 6.07) is 10.4. The van der Waals surface area contributed by atoms with Crippen molar-refractivity contribution >= 4 is 28.5 Å². The zero-order valence-corrected chi connectivity index (χ0v) is 16.9. The number of fused-ring (bicyclic) bond motifs is 1. The van der Waals surface area contributed by atoms with Crippen LogP contribution in [0, 0.1) is 0 Å². The molecule has 152 valence electrons. The van der Waals surface area contributed by atoms with Crippen molar-refractivity contribution in [1.29, 1.82) is 0 Å². The van der Waals surface area contributed by atoms with Crippen LogP contribution < -0.4 is 10.2 Å². The van der Waals surface area contributed by atoms with Crippen LogP contribution in [0.25, 0.3) is 10.9 Å². The number of hydrogen-bond donors (Lipinski definition) is 2. The zero-order chi connectivity index (χ0) is 20.2. The lowest BCUT2D eigenvalue weighted by Gasteiger charge is -2.35. The van der Waals surface area contributed by atoms with Crippen molar-refractivity contribution in [2.45, 2.75) is 13.3 Å². The third-order valence-corrected chi connectivity index (χ3v) is 5.09. The topological polar surface area (TPSA) is 81.6 Å². The van der Waals surface area contributed by atoms with Gasteiger partial charge in [0.15, 0.2) is 5.96 Å². The van der Waals surface area contributed by atoms with Gasteiger partial charge in [0, 0.05) is 57.1 Å². The third-order valence-electron chi connectivity index (χ3n) is 5.09. The van der Waals surface area contributed by atoms with Gasteiger partial charge in [-0.2, -0.15) is 5.10 Å². The predicted molar refractivity (Wildman–Crippen MR) is 115 cm³/mol. The molecule has 4 rings (SSSR count). The Morgan fingerprint density at radius 2 is 2.17 bits per heavy atom. The van der Waals surface area contributed by atoms with Gasteiger partial charge in [-0.25, -0.2) is 0 Å². The maximum atomic E-state index is 12.7. The van der Waals surface area contributed by atoms with Crippen molar-refractivity contribution in [3.63, 3.8) is 0 Å². The van der Waals surface area contributed by atoms with E-state index in [1.165, 1.54) is 11.1 Å². The molecule has 2 aromatic heterocycles. The largest absolute Gasteiger partial charge is 0.358 e. The zero-order valence-electron chi connectivity index (χ0n) is 16.9. The van der Waals surface area contributed by atoms with E-state index >= 15 is 0 Å². The van der Waals surface area contributed by atoms with Crippen LogP contribution in [0.2, 0.25) is 0 Å². The summed E-state index contributed by atoms with van der Waals surface area (Å²) in [5.41, 5.74) is 3.16. The Balaban J connectivity index is 1.39. The van der Waals surface area contributed by atoms with Crippen molar-refractivity contribution in [2.24, 2.45) is 12.0 Å². The van der Waals surface area contributed by atoms with Crippen LogP contribution in [-0.2, 0) is 18.3 Å². The Bertz CT molecular complexity index is 986. The molecule has 2 N–H and O–H groups in total. The highest BCUT2D eigenvalue weighted by atomic mass is 16.2. The summed E-state index contributed by atoms with van der Waals surface area (Å²) < 4.78 is 1.71. The summed E-state index contributed by atoms with van der Waals surface area (Å²) in [7, 11) is 1.85. The average Bonchev–Trinajstić information content (AvgIpc) is 3.33. The number of aliphatic imine (C=N–C) groups is 1. The van der Waals surface area contributed by atoms with Gasteiger partial charge in [0.1, 0.15) is 6.54 Å². The Hall–Kier alpha value is -3.29. The highest BCUT2D eigenvalue weighted by Crippen LogP contribution is 2.17. The maximum Gasteiger partial charge on any atom is 0.246 e. The molecule has 1 amide bonds. The van der Waals surface area contributed by atoms with Gasteiger partial charge in [-0.15, -0.1) is 0 Å². The molecule has 1 fully saturated rings. The fourth-order valence-corrected chi connectivity index (χ4v) is 3.65. The van der Waals surface area contributed by atoms with Gasteiger partial charge < -0.3 is 20.1 Å². The summed E-state index contributed by atoms with van der Waals surface area (Å²) in [5.74, 6) is 0.855. The van der Waals surface area contributed by atoms with Crippen LogP contribution >= 0.6 is 0 Å². The summed E-state index contributed by atoms with van der Waals surface area (Å²) in [6.45, 7) is 5.14. The minimum atomic E-state index is 0.0606. The van der Waals surface area contributed by atoms with Crippen LogP contribution in [0.3, 0.4) is 0 Å². The monoisotopic (exact) mass is 393 g/mol. The van der Waals surface area contributed by atoms with Crippen LogP contribution in [0.4, 0.5) is 5.69 Å². The number of carbonyl (C=O) groups excluding carboxylic acids is 1. The Kier molecular flexibility index (Phi) is 5.50. The molecule has 1 aromatic carbocycles. The molecular formula is C21H27N7O. The molecule has 1 aliphatic heterocycles. The van der Waals surface area contributed by atoms with Crippen LogP contribution in [-0.4, -0.2) is 64.3 Å². The normalized spacial score (nSPS) is 15.4. The van der Waals surface area contributed by atoms with E-state index in [2.05, 4.69) is 33.6 Å². The van der Waals surface area contributed by atoms with E-state index in [1.807, 2.05) is 37.2 Å². The fraction of sp³-hybridized carbons (Fsp3) is 0.381. The fourth-order valence-electron chi connectivity index (χ4n) is 3.65. The molecular weight excluding hydrogens is 366 g/mol. The Morgan fingerprint density at radius 3 is 2.90 bits per heavy atom. The first kappa shape index (κ1) is 19.0. The number of rotatable bonds is 5. The maximum absolute atomic E-state index is 12.7. The molecule has 0 unspecified atom stereocenters. The van der Waals surface area contributed by atoms with E-state index in [0.717, 1.165) is 36.7 Å². The standard InChI is InChI=1S/C21H27N7O/c1-3-22-21(23-9-8-17-12-16-6-4-5-7-19(16)25-17)27-10-11-28(20(29)15-27)18-13-24-26(2)14-18/h4-7,12-14,25H,3,8-11,15H2,1-2H3,(H,22,23). The summed E-state index contributed by atoms with van der Waals surface area (Å²) in [5, 5.41) is 8.71. The van der Waals surface area contributed by atoms with Gasteiger partial charge >= 0.3 is 0 Å². The smallest absolute Gasteiger partial charge is 0.246 e. The number of piperazine rings is 1. The second kappa shape index (κ2) is 8.38. The molecule has 0 aliphatic carbocycles. The van der Waals surface area contributed by atoms with Gasteiger partial charge in [0.25, 0.3) is 0 Å². The van der Waals surface area contributed by atoms with Crippen molar-refractivity contribution in [3.8, 4) is 0 Å². The molecule has 0 atom stereocenters. The SMILES string of the molecule is CCNC(=NCCc1cc2ccccc2[nH]1)N1CCN(c2cnn(C)c2)C(=O)C1. The van der Waals surface area contributed by atoms with Crippen molar-refractivity contribution in [3.05, 3.63) is 48.4 Å². The van der Waals surface area contributed by atoms with E-state index < -0.39 is 0 Å². The summed E-state index contributed by atoms with van der Waals surface area (Å²) in [6.07, 6.45) is 4.42. The first-order valence-corrected chi connectivity index (χ1v) is 10.0. The molecule has 0 radical (unpaired) electrons. The highest BCUT2D eigenvalue weighted by molar-refractivity contribution is 5.98. The molecule has 3 heterocycles. The average molecular weight is 393 g/mol. The lowest BCUT2D eigenvalue weighted by molar-refractivity contribution is -0.120. The number of guanidine groups is 1. The van der Waals surface area contributed by atoms with Gasteiger partial charge in [0.2, 0.25) is 5.91 Å². The number of H-pyrrole nitrogens is 1. The third kappa shape index (κ3) is 4.26. The number of aromatic amines is 1. The predicted octanol–water partition coefficient (Wildman–Crippen LogP) is 1.76. The number of aromatic nitrogens is 3. The Morgan fingerprint density at radius 1 is 1.31 bits per heavy atom. The molecule has 0 bridgehead atoms. The number of benzene rings is 1. The molecule has 0 spiro atoms. The molecule has 0 saturated carbocycles. The minimum Gasteiger partial charge on any atom is -0.358 e. The number of nitrogens with zero attached hydrogens (tertiary/aromatic N) is 5. The number of anilines is 1. The lowest BCUT2D eigenvalue weighted by atomic mass is 10.2. The molecule has 1 saturated heterocycles. The summed E-state index contributed by atoms with van der Waals surface area (Å²) in [4.78, 5) is 24.7. The quantitative estimate of drug-likeness (QED) is 0.511. The van der Waals surface area contributed by atoms with Crippen LogP contribution in [0.1, 0.15) is 12.6 Å². The lowest BCUT2D eigenvalue weighted by Crippen LogP contribution is -2.55. The van der Waals surface area contributed by atoms with E-state index in [-0.39, 0.29) is 5.91 Å². The Labute approximate surface area is 170 Å². The van der Waals surface area contributed by atoms with E-state index in [4.69, 9.17) is 4.99 Å². The first-order valence-electron chi connectivity index (χ1n) is 10.0. The van der Waals surface area contributed by atoms with Gasteiger partial charge in [-0.3, -0.25) is 14.5 Å². The second-order valence-corrected chi connectivity index (χ2v) is 7.21. The second-order valence-electron chi connectivity index (χ2n) is 7.21. The number of nitrogens with one attached hydrogen (secondary N) is 2. The van der Waals surface area contributed by atoms with Crippen molar-refractivity contribution in [1.82, 2.24) is 25.0 Å². The molecule has 3 aromatic rings. The van der Waals surface area contributed by atoms with Gasteiger partial charge in [0.05, 0.1) is 11.9 Å².